The molecule has 5 rings (SSSR count). The topological polar surface area (TPSA) is 177 Å². The minimum Gasteiger partial charge on any atom is -0.420 e. The number of nitrogens with one attached hydrogen (secondary N) is 1. The van der Waals surface area contributed by atoms with Crippen LogP contribution in [0, 0.1) is 30.3 Å². The van der Waals surface area contributed by atoms with Gasteiger partial charge < -0.3 is 39.4 Å². The number of alkyl halides is 2. The van der Waals surface area contributed by atoms with E-state index in [4.69, 9.17) is 24.8 Å². The summed E-state index contributed by atoms with van der Waals surface area (Å²) in [5, 5.41) is 16.3. The maximum Gasteiger partial charge on any atom is 0.313 e. The van der Waals surface area contributed by atoms with Crippen molar-refractivity contribution < 1.29 is 55.2 Å². The molecule has 1 amide bonds. The minimum absolute atomic E-state index is 0.0452. The Bertz CT molecular complexity index is 2150. The van der Waals surface area contributed by atoms with Crippen molar-refractivity contribution in [1.29, 1.82) is 0 Å². The van der Waals surface area contributed by atoms with E-state index in [2.05, 4.69) is 53.7 Å². The van der Waals surface area contributed by atoms with Gasteiger partial charge in [0.1, 0.15) is 17.5 Å². The van der Waals surface area contributed by atoms with Crippen molar-refractivity contribution in [3.05, 3.63) is 77.1 Å². The molecule has 1 aliphatic heterocycles. The average Bonchev–Trinajstić information content (AvgIpc) is 3.93. The van der Waals surface area contributed by atoms with Gasteiger partial charge in [-0.05, 0) is 84.1 Å². The van der Waals surface area contributed by atoms with Crippen LogP contribution in [-0.2, 0) is 35.0 Å². The lowest BCUT2D eigenvalue weighted by Crippen LogP contribution is -2.41. The molecule has 20 heteroatoms. The van der Waals surface area contributed by atoms with Gasteiger partial charge in [0.15, 0.2) is 11.6 Å². The van der Waals surface area contributed by atoms with Crippen LogP contribution in [0.3, 0.4) is 0 Å². The molecule has 0 bridgehead atoms. The number of esters is 1. The predicted molar refractivity (Wildman–Crippen MR) is 273 cm³/mol. The second kappa shape index (κ2) is 32.5. The number of hydrogen-bond donors (Lipinski definition) is 2. The Labute approximate surface area is 433 Å². The van der Waals surface area contributed by atoms with E-state index in [1.807, 2.05) is 37.3 Å². The molecule has 4 atom stereocenters. The van der Waals surface area contributed by atoms with Gasteiger partial charge in [-0.3, -0.25) is 19.5 Å². The third kappa shape index (κ3) is 21.0. The van der Waals surface area contributed by atoms with Crippen molar-refractivity contribution in [3.8, 4) is 5.75 Å². The SMILES string of the molecule is Cc1nnc(CCCCCCCC/C(C=NCCOCCOCCOCCOCCC(=O)Oc2c(F)cc(F)cc2F)=N/N)n1C(C)CC1CCC(C)N1CCC(NC(=O)C1CCC(F)(F)CC1)c1ccccc1. The van der Waals surface area contributed by atoms with Crippen molar-refractivity contribution in [2.75, 3.05) is 65.9 Å². The van der Waals surface area contributed by atoms with Crippen molar-refractivity contribution in [3.63, 3.8) is 0 Å². The van der Waals surface area contributed by atoms with E-state index in [0.29, 0.717) is 63.8 Å². The zero-order valence-electron chi connectivity index (χ0n) is 43.6. The fourth-order valence-electron chi connectivity index (χ4n) is 9.77. The highest BCUT2D eigenvalue weighted by Crippen LogP contribution is 2.37. The van der Waals surface area contributed by atoms with Crippen LogP contribution in [0.2, 0.25) is 0 Å². The highest BCUT2D eigenvalue weighted by Gasteiger charge is 2.38. The number of unbranched alkanes of at least 4 members (excludes halogenated alkanes) is 5. The molecule has 74 heavy (non-hydrogen) atoms. The van der Waals surface area contributed by atoms with Crippen molar-refractivity contribution in [2.24, 2.45) is 21.9 Å². The third-order valence-corrected chi connectivity index (χ3v) is 13.8. The van der Waals surface area contributed by atoms with Crippen LogP contribution in [0.15, 0.2) is 52.6 Å². The van der Waals surface area contributed by atoms with Gasteiger partial charge in [-0.1, -0.05) is 56.0 Å². The highest BCUT2D eigenvalue weighted by molar-refractivity contribution is 6.30. The van der Waals surface area contributed by atoms with E-state index in [9.17, 15) is 31.5 Å². The Kier molecular flexibility index (Phi) is 26.4. The summed E-state index contributed by atoms with van der Waals surface area (Å²) in [6, 6.07) is 11.7. The monoisotopic (exact) mass is 1050 g/mol. The molecule has 1 saturated heterocycles. The number of aromatic nitrogens is 3. The summed E-state index contributed by atoms with van der Waals surface area (Å²) in [4.78, 5) is 32.1. The smallest absolute Gasteiger partial charge is 0.313 e. The van der Waals surface area contributed by atoms with Gasteiger partial charge in [0, 0.05) is 68.2 Å². The fraction of sp³-hybridized carbons (Fsp3) is 0.667. The Morgan fingerprint density at radius 3 is 2.12 bits per heavy atom. The van der Waals surface area contributed by atoms with Gasteiger partial charge in [0.2, 0.25) is 17.6 Å². The van der Waals surface area contributed by atoms with E-state index in [1.165, 1.54) is 0 Å². The van der Waals surface area contributed by atoms with Gasteiger partial charge in [-0.25, -0.2) is 22.0 Å². The molecule has 2 aromatic carbocycles. The number of benzene rings is 2. The summed E-state index contributed by atoms with van der Waals surface area (Å²) in [5.41, 5.74) is 1.80. The third-order valence-electron chi connectivity index (χ3n) is 13.8. The number of rotatable bonds is 35. The Hall–Kier alpha value is -4.89. The number of hydrogen-bond acceptors (Lipinski definition) is 13. The first-order chi connectivity index (χ1) is 35.7. The molecule has 2 fully saturated rings. The van der Waals surface area contributed by atoms with E-state index in [0.717, 1.165) is 107 Å². The van der Waals surface area contributed by atoms with E-state index >= 15 is 0 Å². The first-order valence-corrected chi connectivity index (χ1v) is 26.6. The van der Waals surface area contributed by atoms with Crippen LogP contribution in [0.5, 0.6) is 5.75 Å². The zero-order chi connectivity index (χ0) is 53.1. The molecule has 4 unspecified atom stereocenters. The fourth-order valence-corrected chi connectivity index (χ4v) is 9.77. The largest absolute Gasteiger partial charge is 0.420 e. The van der Waals surface area contributed by atoms with Gasteiger partial charge >= 0.3 is 5.97 Å². The average molecular weight is 1050 g/mol. The number of nitrogens with two attached hydrogens (primary N) is 1. The number of amides is 1. The first kappa shape index (κ1) is 60.0. The second-order valence-electron chi connectivity index (χ2n) is 19.5. The van der Waals surface area contributed by atoms with Crippen molar-refractivity contribution in [1.82, 2.24) is 25.0 Å². The minimum atomic E-state index is -2.67. The number of aliphatic imine (C=N–C) groups is 1. The molecule has 2 aliphatic rings. The molecule has 3 N–H and O–H groups in total. The quantitative estimate of drug-likeness (QED) is 0.0109. The molecule has 1 aromatic heterocycles. The van der Waals surface area contributed by atoms with Crippen LogP contribution in [-0.4, -0.2) is 127 Å². The zero-order valence-corrected chi connectivity index (χ0v) is 43.6. The molecule has 1 saturated carbocycles. The van der Waals surface area contributed by atoms with Gasteiger partial charge in [0.25, 0.3) is 0 Å². The Balaban J connectivity index is 0.866. The molecular weight excluding hydrogens is 968 g/mol. The molecule has 2 heterocycles. The van der Waals surface area contributed by atoms with Crippen LogP contribution in [0.1, 0.15) is 146 Å². The van der Waals surface area contributed by atoms with E-state index in [-0.39, 0.29) is 75.8 Å². The number of hydrazone groups is 1. The number of ether oxygens (including phenoxy) is 5. The van der Waals surface area contributed by atoms with Crippen LogP contribution in [0.25, 0.3) is 0 Å². The summed E-state index contributed by atoms with van der Waals surface area (Å²) >= 11 is 0. The lowest BCUT2D eigenvalue weighted by atomic mass is 9.86. The number of nitrogens with zero attached hydrogens (tertiary/aromatic N) is 6. The number of carbonyl (C=O) groups is 2. The van der Waals surface area contributed by atoms with Gasteiger partial charge in [0.05, 0.1) is 77.6 Å². The number of carbonyl (C=O) groups excluding carboxylic acids is 2. The lowest BCUT2D eigenvalue weighted by molar-refractivity contribution is -0.136. The van der Waals surface area contributed by atoms with Crippen molar-refractivity contribution in [2.45, 2.75) is 160 Å². The molecular formula is C54H79F5N8O7. The molecule has 0 radical (unpaired) electrons. The Morgan fingerprint density at radius 2 is 1.46 bits per heavy atom. The summed E-state index contributed by atoms with van der Waals surface area (Å²) in [6.07, 6.45) is 13.5. The predicted octanol–water partition coefficient (Wildman–Crippen LogP) is 9.60. The molecule has 15 nitrogen and oxygen atoms in total. The van der Waals surface area contributed by atoms with E-state index in [1.54, 1.807) is 6.21 Å². The molecule has 412 valence electrons. The number of aryl methyl sites for hydroxylation is 2. The molecule has 0 spiro atoms. The van der Waals surface area contributed by atoms with E-state index < -0.39 is 35.1 Å². The lowest BCUT2D eigenvalue weighted by Gasteiger charge is -2.33. The first-order valence-electron chi connectivity index (χ1n) is 26.6. The maximum absolute atomic E-state index is 13.9. The normalized spacial score (nSPS) is 18.3. The van der Waals surface area contributed by atoms with Crippen LogP contribution in [0.4, 0.5) is 22.0 Å². The number of halogens is 5. The summed E-state index contributed by atoms with van der Waals surface area (Å²) in [7, 11) is 0. The molecule has 1 aliphatic carbocycles. The summed E-state index contributed by atoms with van der Waals surface area (Å²) < 4.78 is 96.6. The van der Waals surface area contributed by atoms with Crippen LogP contribution >= 0.6 is 0 Å². The number of likely N-dealkylation sites (tertiary alicyclic amines) is 1. The van der Waals surface area contributed by atoms with Gasteiger partial charge in [-0.2, -0.15) is 5.10 Å². The molecule has 3 aromatic rings. The summed E-state index contributed by atoms with van der Waals surface area (Å²) in [6.45, 7) is 10.2. The van der Waals surface area contributed by atoms with Gasteiger partial charge in [-0.15, -0.1) is 10.2 Å². The highest BCUT2D eigenvalue weighted by atomic mass is 19.3. The van der Waals surface area contributed by atoms with Crippen LogP contribution < -0.4 is 15.9 Å². The summed E-state index contributed by atoms with van der Waals surface area (Å²) in [5.74, 6) is -1.13. The standard InChI is InChI=1S/C54H79F5N8O7/c1-39-17-18-46(66(39)26-21-49(42-13-9-8-10-14-42)62-53(69)43-19-23-54(58,59)24-20-43)35-40(2)67-41(3)64-65-50(67)16-12-7-5-4-6-11-15-45(63-60)38-61-25-28-71-30-32-73-34-33-72-31-29-70-27-22-51(68)74-52-47(56)36-44(55)37-48(52)57/h8-10,13-14,36-40,43,46,49H,4-7,11-12,15-35,60H2,1-3H3,(H,62,69)/b61-38?,63-45-. The van der Waals surface area contributed by atoms with Crippen molar-refractivity contribution >= 4 is 23.8 Å². The Morgan fingerprint density at radius 1 is 0.838 bits per heavy atom. The maximum atomic E-state index is 13.9. The second-order valence-corrected chi connectivity index (χ2v) is 19.5.